The van der Waals surface area contributed by atoms with E-state index in [1.165, 1.54) is 6.20 Å². The minimum Gasteiger partial charge on any atom is -0.384 e. The van der Waals surface area contributed by atoms with Crippen molar-refractivity contribution in [1.82, 2.24) is 4.98 Å². The number of pyridine rings is 1. The summed E-state index contributed by atoms with van der Waals surface area (Å²) in [4.78, 5) is 28.9. The number of aliphatic hydroxyl groups is 1. The second kappa shape index (κ2) is 3.93. The average Bonchev–Trinajstić information content (AvgIpc) is 3.12. The van der Waals surface area contributed by atoms with Gasteiger partial charge < -0.3 is 5.11 Å². The number of imide groups is 1. The maximum absolute atomic E-state index is 11.9. The second-order valence-electron chi connectivity index (χ2n) is 4.32. The van der Waals surface area contributed by atoms with Crippen LogP contribution in [-0.4, -0.2) is 28.5 Å². The van der Waals surface area contributed by atoms with Crippen molar-refractivity contribution in [3.05, 3.63) is 23.9 Å². The van der Waals surface area contributed by atoms with Crippen LogP contribution < -0.4 is 4.90 Å². The van der Waals surface area contributed by atoms with Gasteiger partial charge in [0, 0.05) is 11.8 Å². The highest BCUT2D eigenvalue weighted by atomic mass is 16.2. The van der Waals surface area contributed by atoms with Gasteiger partial charge in [-0.25, -0.2) is 9.88 Å². The summed E-state index contributed by atoms with van der Waals surface area (Å²) < 4.78 is 0. The first-order chi connectivity index (χ1) is 8.72. The van der Waals surface area contributed by atoms with E-state index >= 15 is 0 Å². The predicted molar refractivity (Wildman–Crippen MR) is 62.3 cm³/mol. The molecule has 18 heavy (non-hydrogen) atoms. The quantitative estimate of drug-likeness (QED) is 0.553. The van der Waals surface area contributed by atoms with Gasteiger partial charge in [-0.1, -0.05) is 11.8 Å². The van der Waals surface area contributed by atoms with Crippen LogP contribution >= 0.6 is 0 Å². The van der Waals surface area contributed by atoms with E-state index in [9.17, 15) is 9.59 Å². The third kappa shape index (κ3) is 1.59. The van der Waals surface area contributed by atoms with Crippen molar-refractivity contribution in [3.63, 3.8) is 0 Å². The molecule has 2 atom stereocenters. The first-order valence-corrected chi connectivity index (χ1v) is 5.66. The summed E-state index contributed by atoms with van der Waals surface area (Å²) in [7, 11) is 0. The highest BCUT2D eigenvalue weighted by molar-refractivity contribution is 6.24. The Bertz CT molecular complexity index is 580. The fourth-order valence-electron chi connectivity index (χ4n) is 2.17. The predicted octanol–water partition coefficient (Wildman–Crippen LogP) is -0.0653. The lowest BCUT2D eigenvalue weighted by Crippen LogP contribution is -2.33. The Morgan fingerprint density at radius 1 is 1.39 bits per heavy atom. The van der Waals surface area contributed by atoms with Gasteiger partial charge >= 0.3 is 0 Å². The van der Waals surface area contributed by atoms with Gasteiger partial charge in [-0.15, -0.1) is 0 Å². The van der Waals surface area contributed by atoms with Gasteiger partial charge in [-0.2, -0.15) is 0 Å². The van der Waals surface area contributed by atoms with Crippen LogP contribution in [0.2, 0.25) is 0 Å². The molecular formula is C13H10N2O3. The maximum atomic E-state index is 11.9. The zero-order valence-corrected chi connectivity index (χ0v) is 9.46. The van der Waals surface area contributed by atoms with Gasteiger partial charge in [0.05, 0.1) is 11.8 Å². The van der Waals surface area contributed by atoms with Crippen LogP contribution in [0.1, 0.15) is 12.0 Å². The number of hydrogen-bond acceptors (Lipinski definition) is 4. The highest BCUT2D eigenvalue weighted by Gasteiger charge is 2.59. The summed E-state index contributed by atoms with van der Waals surface area (Å²) in [6, 6.07) is 3.25. The Kier molecular flexibility index (Phi) is 2.39. The Morgan fingerprint density at radius 2 is 2.11 bits per heavy atom. The smallest absolute Gasteiger partial charge is 0.238 e. The number of carbonyl (C=O) groups is 2. The van der Waals surface area contributed by atoms with E-state index in [-0.39, 0.29) is 30.3 Å². The van der Waals surface area contributed by atoms with E-state index in [2.05, 4.69) is 16.8 Å². The van der Waals surface area contributed by atoms with Gasteiger partial charge in [-0.3, -0.25) is 9.59 Å². The molecule has 2 unspecified atom stereocenters. The fraction of sp³-hybridized carbons (Fsp3) is 0.308. The molecular weight excluding hydrogens is 232 g/mol. The summed E-state index contributed by atoms with van der Waals surface area (Å²) in [5.74, 6) is 4.96. The summed E-state index contributed by atoms with van der Waals surface area (Å²) in [5.41, 5.74) is 0.621. The lowest BCUT2D eigenvalue weighted by molar-refractivity contribution is -0.123. The molecule has 0 spiro atoms. The summed E-state index contributed by atoms with van der Waals surface area (Å²) in [5, 5.41) is 8.63. The topological polar surface area (TPSA) is 70.5 Å². The van der Waals surface area contributed by atoms with Crippen molar-refractivity contribution in [3.8, 4) is 11.8 Å². The van der Waals surface area contributed by atoms with Crippen LogP contribution in [0.15, 0.2) is 18.3 Å². The molecule has 1 aliphatic heterocycles. The molecule has 5 heteroatoms. The number of amides is 2. The van der Waals surface area contributed by atoms with E-state index in [1.54, 1.807) is 12.1 Å². The number of aromatic nitrogens is 1. The molecule has 2 fully saturated rings. The molecule has 0 aromatic carbocycles. The molecule has 1 aromatic heterocycles. The third-order valence-electron chi connectivity index (χ3n) is 3.15. The number of rotatable bonds is 1. The number of nitrogens with zero attached hydrogens (tertiary/aromatic N) is 2. The highest BCUT2D eigenvalue weighted by Crippen LogP contribution is 2.47. The fourth-order valence-corrected chi connectivity index (χ4v) is 2.17. The largest absolute Gasteiger partial charge is 0.384 e. The number of anilines is 1. The molecule has 1 saturated carbocycles. The number of aliphatic hydroxyl groups excluding tert-OH is 1. The minimum absolute atomic E-state index is 0.133. The van der Waals surface area contributed by atoms with Crippen molar-refractivity contribution >= 4 is 17.6 Å². The normalized spacial score (nSPS) is 24.6. The number of fused-ring (bicyclic) bond motifs is 1. The zero-order valence-electron chi connectivity index (χ0n) is 9.46. The second-order valence-corrected chi connectivity index (χ2v) is 4.32. The van der Waals surface area contributed by atoms with Crippen LogP contribution in [0.25, 0.3) is 0 Å². The molecule has 0 bridgehead atoms. The molecule has 90 valence electrons. The average molecular weight is 242 g/mol. The van der Waals surface area contributed by atoms with Gasteiger partial charge in [0.15, 0.2) is 0 Å². The molecule has 1 aromatic rings. The lowest BCUT2D eigenvalue weighted by Gasteiger charge is -2.14. The summed E-state index contributed by atoms with van der Waals surface area (Å²) in [6.45, 7) is -0.233. The minimum atomic E-state index is -0.233. The van der Waals surface area contributed by atoms with Crippen molar-refractivity contribution < 1.29 is 14.7 Å². The monoisotopic (exact) mass is 242 g/mol. The van der Waals surface area contributed by atoms with Gasteiger partial charge in [0.2, 0.25) is 11.8 Å². The van der Waals surface area contributed by atoms with Crippen LogP contribution in [0.4, 0.5) is 5.82 Å². The van der Waals surface area contributed by atoms with Gasteiger partial charge in [0.1, 0.15) is 12.4 Å². The van der Waals surface area contributed by atoms with E-state index in [1.807, 2.05) is 0 Å². The Labute approximate surface area is 103 Å². The van der Waals surface area contributed by atoms with Crippen LogP contribution in [0, 0.1) is 23.7 Å². The number of hydrogen-bond donors (Lipinski definition) is 1. The van der Waals surface area contributed by atoms with Gasteiger partial charge in [0.25, 0.3) is 0 Å². The van der Waals surface area contributed by atoms with Crippen molar-refractivity contribution in [2.75, 3.05) is 11.5 Å². The maximum Gasteiger partial charge on any atom is 0.238 e. The first kappa shape index (κ1) is 10.9. The van der Waals surface area contributed by atoms with E-state index < -0.39 is 0 Å². The molecule has 1 saturated heterocycles. The molecule has 1 N–H and O–H groups in total. The molecule has 2 amide bonds. The van der Waals surface area contributed by atoms with Crippen molar-refractivity contribution in [1.29, 1.82) is 0 Å². The van der Waals surface area contributed by atoms with E-state index in [0.717, 1.165) is 4.90 Å². The zero-order chi connectivity index (χ0) is 12.7. The Hall–Kier alpha value is -2.19. The molecule has 2 heterocycles. The summed E-state index contributed by atoms with van der Waals surface area (Å²) >= 11 is 0. The number of piperidine rings is 1. The Balaban J connectivity index is 1.93. The molecule has 5 nitrogen and oxygen atoms in total. The lowest BCUT2D eigenvalue weighted by atomic mass is 10.2. The van der Waals surface area contributed by atoms with Crippen LogP contribution in [0.3, 0.4) is 0 Å². The van der Waals surface area contributed by atoms with Crippen LogP contribution in [0.5, 0.6) is 0 Å². The summed E-state index contributed by atoms with van der Waals surface area (Å²) in [6.07, 6.45) is 2.18. The third-order valence-corrected chi connectivity index (χ3v) is 3.15. The molecule has 3 rings (SSSR count). The van der Waals surface area contributed by atoms with Gasteiger partial charge in [-0.05, 0) is 18.6 Å². The first-order valence-electron chi connectivity index (χ1n) is 5.66. The van der Waals surface area contributed by atoms with E-state index in [0.29, 0.717) is 17.8 Å². The SMILES string of the molecule is O=C1C2CC2C(=O)N1c1cc(C#CCO)ccn1. The number of carbonyl (C=O) groups excluding carboxylic acids is 2. The standard InChI is InChI=1S/C13H10N2O3/c16-5-1-2-8-3-4-14-11(6-8)15-12(17)9-7-10(9)13(15)18/h3-4,6,9-10,16H,5,7H2. The molecule has 2 aliphatic rings. The van der Waals surface area contributed by atoms with E-state index in [4.69, 9.17) is 5.11 Å². The Morgan fingerprint density at radius 3 is 2.78 bits per heavy atom. The van der Waals surface area contributed by atoms with Crippen LogP contribution in [-0.2, 0) is 9.59 Å². The molecule has 1 aliphatic carbocycles. The van der Waals surface area contributed by atoms with Crippen molar-refractivity contribution in [2.45, 2.75) is 6.42 Å². The van der Waals surface area contributed by atoms with Crippen molar-refractivity contribution in [2.24, 2.45) is 11.8 Å². The molecule has 0 radical (unpaired) electrons.